The number of rotatable bonds is 5. The summed E-state index contributed by atoms with van der Waals surface area (Å²) in [5.41, 5.74) is 1.22. The lowest BCUT2D eigenvalue weighted by molar-refractivity contribution is 0.0772. The van der Waals surface area contributed by atoms with Gasteiger partial charge >= 0.3 is 6.01 Å². The first-order valence-electron chi connectivity index (χ1n) is 6.52. The van der Waals surface area contributed by atoms with Crippen molar-refractivity contribution in [2.45, 2.75) is 19.3 Å². The van der Waals surface area contributed by atoms with E-state index in [9.17, 15) is 0 Å². The number of hydrogen-bond donors (Lipinski definition) is 1. The summed E-state index contributed by atoms with van der Waals surface area (Å²) in [4.78, 5) is 4.19. The van der Waals surface area contributed by atoms with Crippen molar-refractivity contribution in [2.75, 3.05) is 12.4 Å². The van der Waals surface area contributed by atoms with Gasteiger partial charge in [0.05, 0.1) is 12.3 Å². The molecule has 0 atom stereocenters. The van der Waals surface area contributed by atoms with Gasteiger partial charge in [0.2, 0.25) is 0 Å². The summed E-state index contributed by atoms with van der Waals surface area (Å²) in [5.74, 6) is 0.867. The minimum absolute atomic E-state index is 0.237. The lowest BCUT2D eigenvalue weighted by Gasteiger charge is -2.39. The largest absolute Gasteiger partial charge is 0.462 e. The molecular weight excluding hydrogens is 258 g/mol. The molecule has 1 aromatic carbocycles. The highest BCUT2D eigenvalue weighted by Crippen LogP contribution is 2.41. The van der Waals surface area contributed by atoms with Gasteiger partial charge in [-0.15, -0.1) is 5.10 Å². The van der Waals surface area contributed by atoms with E-state index < -0.39 is 0 Å². The molecule has 3 rings (SSSR count). The van der Waals surface area contributed by atoms with Gasteiger partial charge in [-0.05, 0) is 30.7 Å². The van der Waals surface area contributed by atoms with Crippen molar-refractivity contribution in [1.29, 1.82) is 0 Å². The van der Waals surface area contributed by atoms with Crippen LogP contribution in [0.25, 0.3) is 5.69 Å². The third kappa shape index (κ3) is 2.61. The Hall–Kier alpha value is -1.49. The van der Waals surface area contributed by atoms with Crippen molar-refractivity contribution in [3.8, 4) is 11.7 Å². The highest BCUT2D eigenvalue weighted by molar-refractivity contribution is 7.80. The van der Waals surface area contributed by atoms with Crippen LogP contribution in [0.15, 0.2) is 36.7 Å². The van der Waals surface area contributed by atoms with Crippen LogP contribution in [-0.2, 0) is 0 Å². The Morgan fingerprint density at radius 1 is 1.26 bits per heavy atom. The Labute approximate surface area is 118 Å². The minimum Gasteiger partial charge on any atom is -0.462 e. The van der Waals surface area contributed by atoms with Crippen LogP contribution in [0.3, 0.4) is 0 Å². The first-order chi connectivity index (χ1) is 9.31. The van der Waals surface area contributed by atoms with E-state index in [0.717, 1.165) is 11.4 Å². The third-order valence-electron chi connectivity index (χ3n) is 3.75. The van der Waals surface area contributed by atoms with Gasteiger partial charge in [0, 0.05) is 5.41 Å². The number of aromatic nitrogens is 3. The van der Waals surface area contributed by atoms with E-state index in [4.69, 9.17) is 4.74 Å². The maximum atomic E-state index is 5.71. The summed E-state index contributed by atoms with van der Waals surface area (Å²) in [5, 5.41) is 4.33. The maximum Gasteiger partial charge on any atom is 0.335 e. The fourth-order valence-electron chi connectivity index (χ4n) is 2.26. The molecule has 0 N–H and O–H groups in total. The second-order valence-corrected chi connectivity index (χ2v) is 5.42. The average molecular weight is 275 g/mol. The van der Waals surface area contributed by atoms with Gasteiger partial charge < -0.3 is 4.74 Å². The molecule has 0 unspecified atom stereocenters. The fraction of sp³-hybridized carbons (Fsp3) is 0.429. The highest BCUT2D eigenvalue weighted by Gasteiger charge is 2.36. The van der Waals surface area contributed by atoms with Crippen LogP contribution >= 0.6 is 12.6 Å². The first kappa shape index (κ1) is 12.5. The smallest absolute Gasteiger partial charge is 0.335 e. The molecule has 1 aliphatic carbocycles. The minimum atomic E-state index is 0.237. The zero-order valence-corrected chi connectivity index (χ0v) is 11.6. The molecule has 1 aliphatic rings. The first-order valence-corrected chi connectivity index (χ1v) is 7.15. The van der Waals surface area contributed by atoms with Crippen LogP contribution in [0, 0.1) is 5.41 Å². The van der Waals surface area contributed by atoms with Gasteiger partial charge in [-0.3, -0.25) is 0 Å². The molecule has 5 heteroatoms. The number of nitrogens with zero attached hydrogens (tertiary/aromatic N) is 3. The lowest BCUT2D eigenvalue weighted by Crippen LogP contribution is -2.37. The second kappa shape index (κ2) is 5.25. The molecule has 1 saturated carbocycles. The summed E-state index contributed by atoms with van der Waals surface area (Å²) in [7, 11) is 0. The fourth-order valence-corrected chi connectivity index (χ4v) is 2.67. The van der Waals surface area contributed by atoms with Gasteiger partial charge in [0.15, 0.2) is 0 Å². The van der Waals surface area contributed by atoms with Crippen LogP contribution in [0.4, 0.5) is 0 Å². The molecular formula is C14H17N3OS. The summed E-state index contributed by atoms with van der Waals surface area (Å²) in [6, 6.07) is 10.3. The SMILES string of the molecule is SCC1(COc2ncn(-c3ccccc3)n2)CCC1. The summed E-state index contributed by atoms with van der Waals surface area (Å²) < 4.78 is 7.44. The highest BCUT2D eigenvalue weighted by atomic mass is 32.1. The number of ether oxygens (including phenoxy) is 1. The maximum absolute atomic E-state index is 5.71. The zero-order chi connectivity index (χ0) is 13.1. The van der Waals surface area contributed by atoms with E-state index in [2.05, 4.69) is 22.7 Å². The molecule has 0 saturated heterocycles. The number of benzene rings is 1. The predicted molar refractivity (Wildman–Crippen MR) is 77.0 cm³/mol. The van der Waals surface area contributed by atoms with Gasteiger partial charge in [-0.25, -0.2) is 4.68 Å². The normalized spacial score (nSPS) is 16.9. The van der Waals surface area contributed by atoms with E-state index in [1.165, 1.54) is 19.3 Å². The zero-order valence-electron chi connectivity index (χ0n) is 10.7. The number of para-hydroxylation sites is 1. The number of hydrogen-bond acceptors (Lipinski definition) is 4. The molecule has 0 bridgehead atoms. The van der Waals surface area contributed by atoms with Gasteiger partial charge in [0.25, 0.3) is 0 Å². The molecule has 1 heterocycles. The standard InChI is InChI=1S/C14H17N3OS/c19-10-14(7-4-8-14)9-18-13-15-11-17(16-13)12-5-2-1-3-6-12/h1-3,5-6,11,19H,4,7-10H2. The topological polar surface area (TPSA) is 39.9 Å². The van der Waals surface area contributed by atoms with Crippen LogP contribution in [0.1, 0.15) is 19.3 Å². The molecule has 0 spiro atoms. The molecule has 0 aliphatic heterocycles. The third-order valence-corrected chi connectivity index (χ3v) is 4.42. The van der Waals surface area contributed by atoms with E-state index in [0.29, 0.717) is 12.6 Å². The molecule has 4 nitrogen and oxygen atoms in total. The Morgan fingerprint density at radius 2 is 2.05 bits per heavy atom. The van der Waals surface area contributed by atoms with Crippen LogP contribution in [-0.4, -0.2) is 27.1 Å². The quantitative estimate of drug-likeness (QED) is 0.853. The second-order valence-electron chi connectivity index (χ2n) is 5.11. The Kier molecular flexibility index (Phi) is 3.46. The van der Waals surface area contributed by atoms with Crippen molar-refractivity contribution in [1.82, 2.24) is 14.8 Å². The van der Waals surface area contributed by atoms with Crippen molar-refractivity contribution < 1.29 is 4.74 Å². The van der Waals surface area contributed by atoms with Crippen LogP contribution in [0.2, 0.25) is 0 Å². The molecule has 19 heavy (non-hydrogen) atoms. The van der Waals surface area contributed by atoms with E-state index in [-0.39, 0.29) is 5.41 Å². The van der Waals surface area contributed by atoms with Crippen molar-refractivity contribution in [3.05, 3.63) is 36.7 Å². The van der Waals surface area contributed by atoms with Crippen LogP contribution < -0.4 is 4.74 Å². The van der Waals surface area contributed by atoms with Crippen LogP contribution in [0.5, 0.6) is 6.01 Å². The average Bonchev–Trinajstić information content (AvgIpc) is 2.88. The Bertz CT molecular complexity index is 531. The Morgan fingerprint density at radius 3 is 2.68 bits per heavy atom. The molecule has 2 aromatic rings. The summed E-state index contributed by atoms with van der Waals surface area (Å²) in [6.07, 6.45) is 5.33. The lowest BCUT2D eigenvalue weighted by atomic mass is 9.71. The Balaban J connectivity index is 1.65. The van der Waals surface area contributed by atoms with Gasteiger partial charge in [-0.2, -0.15) is 17.6 Å². The molecule has 0 amide bonds. The van der Waals surface area contributed by atoms with E-state index in [1.807, 2.05) is 30.3 Å². The van der Waals surface area contributed by atoms with Crippen molar-refractivity contribution in [3.63, 3.8) is 0 Å². The van der Waals surface area contributed by atoms with Gasteiger partial charge in [-0.1, -0.05) is 24.6 Å². The molecule has 0 radical (unpaired) electrons. The number of thiol groups is 1. The molecule has 100 valence electrons. The van der Waals surface area contributed by atoms with Gasteiger partial charge in [0.1, 0.15) is 6.33 Å². The predicted octanol–water partition coefficient (Wildman–Crippen LogP) is 2.75. The molecule has 1 fully saturated rings. The molecule has 1 aromatic heterocycles. The van der Waals surface area contributed by atoms with E-state index >= 15 is 0 Å². The summed E-state index contributed by atoms with van der Waals surface area (Å²) >= 11 is 4.42. The summed E-state index contributed by atoms with van der Waals surface area (Å²) in [6.45, 7) is 0.662. The monoisotopic (exact) mass is 275 g/mol. The van der Waals surface area contributed by atoms with Crippen molar-refractivity contribution in [2.24, 2.45) is 5.41 Å². The van der Waals surface area contributed by atoms with E-state index in [1.54, 1.807) is 11.0 Å². The van der Waals surface area contributed by atoms with Crippen molar-refractivity contribution >= 4 is 12.6 Å².